The minimum atomic E-state index is -4.32. The van der Waals surface area contributed by atoms with Gasteiger partial charge in [0.2, 0.25) is 0 Å². The molecule has 0 aliphatic heterocycles. The summed E-state index contributed by atoms with van der Waals surface area (Å²) in [7, 11) is 3.92. The summed E-state index contributed by atoms with van der Waals surface area (Å²) >= 11 is 0. The standard InChI is InChI=1S/C15H24F3N3/c1-5-14(6-2,21(3)4)13(20-19)11-7-9-12(10-8-11)15(16,17)18/h7-10,13,20H,5-6,19H2,1-4H3. The number of alkyl halides is 3. The molecule has 0 heterocycles. The van der Waals surface area contributed by atoms with Crippen LogP contribution in [-0.2, 0) is 6.18 Å². The normalized spacial score (nSPS) is 14.5. The van der Waals surface area contributed by atoms with E-state index in [1.165, 1.54) is 12.1 Å². The summed E-state index contributed by atoms with van der Waals surface area (Å²) in [5, 5.41) is 0. The molecule has 1 unspecified atom stereocenters. The number of nitrogens with two attached hydrogens (primary N) is 1. The second kappa shape index (κ2) is 6.77. The monoisotopic (exact) mass is 303 g/mol. The highest BCUT2D eigenvalue weighted by molar-refractivity contribution is 5.29. The summed E-state index contributed by atoms with van der Waals surface area (Å²) in [6.07, 6.45) is -2.67. The Hall–Kier alpha value is -1.11. The van der Waals surface area contributed by atoms with Crippen LogP contribution in [0.1, 0.15) is 43.9 Å². The smallest absolute Gasteiger partial charge is 0.302 e. The molecule has 1 aromatic carbocycles. The maximum atomic E-state index is 12.6. The van der Waals surface area contributed by atoms with Crippen molar-refractivity contribution in [2.75, 3.05) is 14.1 Å². The van der Waals surface area contributed by atoms with Crippen LogP contribution in [0, 0.1) is 0 Å². The third kappa shape index (κ3) is 3.56. The van der Waals surface area contributed by atoms with Crippen LogP contribution < -0.4 is 11.3 Å². The summed E-state index contributed by atoms with van der Waals surface area (Å²) in [5.74, 6) is 5.70. The lowest BCUT2D eigenvalue weighted by Crippen LogP contribution is -2.54. The van der Waals surface area contributed by atoms with Crippen molar-refractivity contribution in [1.82, 2.24) is 10.3 Å². The average Bonchev–Trinajstić information content (AvgIpc) is 2.43. The Balaban J connectivity index is 3.21. The van der Waals surface area contributed by atoms with E-state index in [4.69, 9.17) is 5.84 Å². The van der Waals surface area contributed by atoms with Crippen LogP contribution >= 0.6 is 0 Å². The highest BCUT2D eigenvalue weighted by Gasteiger charge is 2.38. The zero-order valence-electron chi connectivity index (χ0n) is 13.0. The molecule has 3 nitrogen and oxygen atoms in total. The van der Waals surface area contributed by atoms with Crippen LogP contribution in [0.2, 0.25) is 0 Å². The minimum Gasteiger partial charge on any atom is -0.302 e. The highest BCUT2D eigenvalue weighted by atomic mass is 19.4. The molecule has 0 amide bonds. The second-order valence-electron chi connectivity index (χ2n) is 5.42. The number of likely N-dealkylation sites (N-methyl/N-ethyl adjacent to an activating group) is 1. The molecule has 0 spiro atoms. The molecule has 3 N–H and O–H groups in total. The lowest BCUT2D eigenvalue weighted by atomic mass is 9.80. The van der Waals surface area contributed by atoms with Crippen LogP contribution in [0.5, 0.6) is 0 Å². The van der Waals surface area contributed by atoms with E-state index < -0.39 is 11.7 Å². The zero-order chi connectivity index (χ0) is 16.3. The number of benzene rings is 1. The molecule has 0 saturated carbocycles. The molecule has 1 rings (SSSR count). The molecule has 0 aromatic heterocycles. The molecular formula is C15H24F3N3. The van der Waals surface area contributed by atoms with E-state index >= 15 is 0 Å². The van der Waals surface area contributed by atoms with Crippen molar-refractivity contribution in [2.45, 2.75) is 44.4 Å². The highest BCUT2D eigenvalue weighted by Crippen LogP contribution is 2.37. The molecule has 0 radical (unpaired) electrons. The van der Waals surface area contributed by atoms with Crippen molar-refractivity contribution in [3.05, 3.63) is 35.4 Å². The molecule has 120 valence electrons. The number of hydrogen-bond acceptors (Lipinski definition) is 3. The predicted molar refractivity (Wildman–Crippen MR) is 78.5 cm³/mol. The van der Waals surface area contributed by atoms with Gasteiger partial charge in [0.1, 0.15) is 0 Å². The Morgan fingerprint density at radius 3 is 1.86 bits per heavy atom. The molecule has 1 aromatic rings. The Bertz CT molecular complexity index is 436. The van der Waals surface area contributed by atoms with Gasteiger partial charge in [-0.1, -0.05) is 26.0 Å². The van der Waals surface area contributed by atoms with Gasteiger partial charge in [-0.25, -0.2) is 0 Å². The van der Waals surface area contributed by atoms with Crippen molar-refractivity contribution in [3.63, 3.8) is 0 Å². The van der Waals surface area contributed by atoms with Crippen molar-refractivity contribution in [1.29, 1.82) is 0 Å². The van der Waals surface area contributed by atoms with Crippen LogP contribution in [0.4, 0.5) is 13.2 Å². The number of rotatable bonds is 6. The predicted octanol–water partition coefficient (Wildman–Crippen LogP) is 3.33. The van der Waals surface area contributed by atoms with E-state index in [0.717, 1.165) is 30.5 Å². The van der Waals surface area contributed by atoms with E-state index in [1.54, 1.807) is 0 Å². The van der Waals surface area contributed by atoms with E-state index in [1.807, 2.05) is 14.1 Å². The van der Waals surface area contributed by atoms with E-state index in [-0.39, 0.29) is 11.6 Å². The molecule has 0 aliphatic carbocycles. The Labute approximate surface area is 124 Å². The fourth-order valence-electron chi connectivity index (χ4n) is 2.98. The summed E-state index contributed by atoms with van der Waals surface area (Å²) in [4.78, 5) is 2.08. The topological polar surface area (TPSA) is 41.3 Å². The first kappa shape index (κ1) is 17.9. The summed E-state index contributed by atoms with van der Waals surface area (Å²) in [6, 6.07) is 4.95. The van der Waals surface area contributed by atoms with Crippen molar-refractivity contribution in [3.8, 4) is 0 Å². The summed E-state index contributed by atoms with van der Waals surface area (Å²) < 4.78 is 37.9. The van der Waals surface area contributed by atoms with Gasteiger partial charge in [0.25, 0.3) is 0 Å². The third-order valence-electron chi connectivity index (χ3n) is 4.39. The van der Waals surface area contributed by atoms with Gasteiger partial charge >= 0.3 is 6.18 Å². The van der Waals surface area contributed by atoms with Gasteiger partial charge in [-0.3, -0.25) is 11.3 Å². The second-order valence-corrected chi connectivity index (χ2v) is 5.42. The van der Waals surface area contributed by atoms with Crippen LogP contribution in [0.25, 0.3) is 0 Å². The Morgan fingerprint density at radius 2 is 1.57 bits per heavy atom. The van der Waals surface area contributed by atoms with Gasteiger partial charge < -0.3 is 4.90 Å². The molecule has 0 aliphatic rings. The van der Waals surface area contributed by atoms with E-state index in [2.05, 4.69) is 24.2 Å². The summed E-state index contributed by atoms with van der Waals surface area (Å²) in [6.45, 7) is 4.11. The first-order chi connectivity index (χ1) is 9.72. The van der Waals surface area contributed by atoms with Crippen LogP contribution in [0.15, 0.2) is 24.3 Å². The molecule has 6 heteroatoms. The number of halogens is 3. The van der Waals surface area contributed by atoms with Crippen LogP contribution in [-0.4, -0.2) is 24.5 Å². The zero-order valence-corrected chi connectivity index (χ0v) is 13.0. The Morgan fingerprint density at radius 1 is 1.10 bits per heavy atom. The van der Waals surface area contributed by atoms with Crippen LogP contribution in [0.3, 0.4) is 0 Å². The quantitative estimate of drug-likeness (QED) is 0.625. The number of nitrogens with zero attached hydrogens (tertiary/aromatic N) is 1. The molecule has 1 atom stereocenters. The number of hydrogen-bond donors (Lipinski definition) is 2. The maximum absolute atomic E-state index is 12.6. The maximum Gasteiger partial charge on any atom is 0.416 e. The first-order valence-electron chi connectivity index (χ1n) is 7.03. The molecule has 0 bridgehead atoms. The number of hydrazine groups is 1. The van der Waals surface area contributed by atoms with Gasteiger partial charge in [0.05, 0.1) is 11.6 Å². The SMILES string of the molecule is CCC(CC)(C(NN)c1ccc(C(F)(F)F)cc1)N(C)C. The van der Waals surface area contributed by atoms with Crippen molar-refractivity contribution in [2.24, 2.45) is 5.84 Å². The molecule has 0 fully saturated rings. The van der Waals surface area contributed by atoms with Gasteiger partial charge in [-0.2, -0.15) is 13.2 Å². The lowest BCUT2D eigenvalue weighted by Gasteiger charge is -2.45. The average molecular weight is 303 g/mol. The van der Waals surface area contributed by atoms with E-state index in [0.29, 0.717) is 0 Å². The molecular weight excluding hydrogens is 279 g/mol. The van der Waals surface area contributed by atoms with Crippen molar-refractivity contribution < 1.29 is 13.2 Å². The lowest BCUT2D eigenvalue weighted by molar-refractivity contribution is -0.137. The first-order valence-corrected chi connectivity index (χ1v) is 7.03. The minimum absolute atomic E-state index is 0.246. The van der Waals surface area contributed by atoms with Gasteiger partial charge in [0, 0.05) is 5.54 Å². The van der Waals surface area contributed by atoms with Gasteiger partial charge in [-0.15, -0.1) is 0 Å². The molecule has 0 saturated heterocycles. The fraction of sp³-hybridized carbons (Fsp3) is 0.600. The summed E-state index contributed by atoms with van der Waals surface area (Å²) in [5.41, 5.74) is 2.63. The molecule has 21 heavy (non-hydrogen) atoms. The number of nitrogens with one attached hydrogen (secondary N) is 1. The van der Waals surface area contributed by atoms with Gasteiger partial charge in [0.15, 0.2) is 0 Å². The largest absolute Gasteiger partial charge is 0.416 e. The fourth-order valence-corrected chi connectivity index (χ4v) is 2.98. The third-order valence-corrected chi connectivity index (χ3v) is 4.39. The van der Waals surface area contributed by atoms with Gasteiger partial charge in [-0.05, 0) is 44.6 Å². The van der Waals surface area contributed by atoms with E-state index in [9.17, 15) is 13.2 Å². The van der Waals surface area contributed by atoms with Crippen molar-refractivity contribution >= 4 is 0 Å². The Kier molecular flexibility index (Phi) is 5.78.